The molecule has 2 heteroatoms. The molecule has 0 aliphatic carbocycles. The zero-order valence-electron chi connectivity index (χ0n) is 7.29. The molecule has 0 spiro atoms. The fourth-order valence-electron chi connectivity index (χ4n) is 1.06. The molecule has 0 saturated carbocycles. The van der Waals surface area contributed by atoms with E-state index in [2.05, 4.69) is 13.0 Å². The van der Waals surface area contributed by atoms with Gasteiger partial charge in [-0.15, -0.1) is 11.8 Å². The first kappa shape index (κ1) is 9.15. The fraction of sp³-hybridized carbons (Fsp3) is 0.300. The third-order valence-electron chi connectivity index (χ3n) is 1.65. The maximum atomic E-state index is 8.86. The van der Waals surface area contributed by atoms with Gasteiger partial charge in [-0.05, 0) is 24.3 Å². The molecule has 0 heterocycles. The van der Waals surface area contributed by atoms with Crippen LogP contribution in [0.25, 0.3) is 0 Å². The van der Waals surface area contributed by atoms with Crippen LogP contribution in [0.4, 0.5) is 0 Å². The molecule has 0 atom stereocenters. The molecule has 62 valence electrons. The largest absolute Gasteiger partial charge is 0.192 e. The molecule has 0 fully saturated rings. The van der Waals surface area contributed by atoms with Crippen molar-refractivity contribution in [2.75, 3.05) is 5.75 Å². The Balaban J connectivity index is 3.11. The number of nitrogens with zero attached hydrogens (tertiary/aromatic N) is 1. The van der Waals surface area contributed by atoms with Crippen molar-refractivity contribution in [3.63, 3.8) is 0 Å². The predicted molar refractivity (Wildman–Crippen MR) is 52.3 cm³/mol. The predicted octanol–water partition coefficient (Wildman–Crippen LogP) is 2.98. The van der Waals surface area contributed by atoms with E-state index in [0.29, 0.717) is 0 Å². The Morgan fingerprint density at radius 3 is 2.83 bits per heavy atom. The molecule has 0 unspecified atom stereocenters. The van der Waals surface area contributed by atoms with E-state index in [9.17, 15) is 0 Å². The van der Waals surface area contributed by atoms with Gasteiger partial charge >= 0.3 is 0 Å². The summed E-state index contributed by atoms with van der Waals surface area (Å²) in [4.78, 5) is 1.10. The lowest BCUT2D eigenvalue weighted by molar-refractivity contribution is 1.29. The van der Waals surface area contributed by atoms with E-state index in [-0.39, 0.29) is 0 Å². The standard InChI is InChI=1S/C10H11NS/c1-3-12-10-6-4-5-8(2)9(10)7-11/h4-6H,3H2,1-2H3. The van der Waals surface area contributed by atoms with Crippen LogP contribution < -0.4 is 0 Å². The normalized spacial score (nSPS) is 9.42. The topological polar surface area (TPSA) is 23.8 Å². The van der Waals surface area contributed by atoms with E-state index in [1.54, 1.807) is 11.8 Å². The van der Waals surface area contributed by atoms with E-state index in [1.165, 1.54) is 0 Å². The number of aryl methyl sites for hydroxylation is 1. The first-order valence-electron chi connectivity index (χ1n) is 3.92. The van der Waals surface area contributed by atoms with Gasteiger partial charge in [0, 0.05) is 4.90 Å². The molecule has 12 heavy (non-hydrogen) atoms. The van der Waals surface area contributed by atoms with Gasteiger partial charge in [-0.25, -0.2) is 0 Å². The maximum absolute atomic E-state index is 8.86. The molecule has 0 radical (unpaired) electrons. The van der Waals surface area contributed by atoms with Crippen LogP contribution in [0.5, 0.6) is 0 Å². The molecule has 0 aliphatic heterocycles. The number of hydrogen-bond donors (Lipinski definition) is 0. The van der Waals surface area contributed by atoms with Gasteiger partial charge < -0.3 is 0 Å². The van der Waals surface area contributed by atoms with Crippen LogP contribution in [0.1, 0.15) is 18.1 Å². The molecule has 1 aromatic carbocycles. The number of thioether (sulfide) groups is 1. The van der Waals surface area contributed by atoms with Crippen molar-refractivity contribution in [3.8, 4) is 6.07 Å². The highest BCUT2D eigenvalue weighted by Gasteiger charge is 2.02. The van der Waals surface area contributed by atoms with Crippen molar-refractivity contribution < 1.29 is 0 Å². The van der Waals surface area contributed by atoms with Gasteiger partial charge in [-0.1, -0.05) is 19.1 Å². The average Bonchev–Trinajstić information content (AvgIpc) is 2.05. The Morgan fingerprint density at radius 2 is 2.25 bits per heavy atom. The second kappa shape index (κ2) is 4.18. The summed E-state index contributed by atoms with van der Waals surface area (Å²) < 4.78 is 0. The van der Waals surface area contributed by atoms with Crippen molar-refractivity contribution >= 4 is 11.8 Å². The maximum Gasteiger partial charge on any atom is 0.101 e. The second-order valence-electron chi connectivity index (χ2n) is 2.49. The first-order chi connectivity index (χ1) is 5.79. The van der Waals surface area contributed by atoms with Gasteiger partial charge in [0.1, 0.15) is 6.07 Å². The number of benzene rings is 1. The minimum atomic E-state index is 0.823. The third-order valence-corrected chi connectivity index (χ3v) is 2.59. The first-order valence-corrected chi connectivity index (χ1v) is 4.90. The molecule has 0 saturated heterocycles. The van der Waals surface area contributed by atoms with Gasteiger partial charge in [-0.2, -0.15) is 5.26 Å². The van der Waals surface area contributed by atoms with E-state index < -0.39 is 0 Å². The summed E-state index contributed by atoms with van der Waals surface area (Å²) in [5, 5.41) is 8.86. The SMILES string of the molecule is CCSc1cccc(C)c1C#N. The highest BCUT2D eigenvalue weighted by Crippen LogP contribution is 2.23. The fourth-order valence-corrected chi connectivity index (χ4v) is 1.90. The Bertz CT molecular complexity index is 312. The Hall–Kier alpha value is -0.940. The lowest BCUT2D eigenvalue weighted by atomic mass is 10.1. The molecular weight excluding hydrogens is 166 g/mol. The van der Waals surface area contributed by atoms with Gasteiger partial charge in [0.25, 0.3) is 0 Å². The van der Waals surface area contributed by atoms with E-state index >= 15 is 0 Å². The van der Waals surface area contributed by atoms with Crippen molar-refractivity contribution in [2.45, 2.75) is 18.7 Å². The van der Waals surface area contributed by atoms with E-state index in [0.717, 1.165) is 21.8 Å². The minimum Gasteiger partial charge on any atom is -0.192 e. The number of rotatable bonds is 2. The summed E-state index contributed by atoms with van der Waals surface area (Å²) in [6.07, 6.45) is 0. The van der Waals surface area contributed by atoms with Crippen LogP contribution >= 0.6 is 11.8 Å². The van der Waals surface area contributed by atoms with Crippen molar-refractivity contribution in [3.05, 3.63) is 29.3 Å². The quantitative estimate of drug-likeness (QED) is 0.648. The Labute approximate surface area is 77.4 Å². The molecule has 0 aliphatic rings. The lowest BCUT2D eigenvalue weighted by Crippen LogP contribution is -1.85. The molecule has 1 rings (SSSR count). The van der Waals surface area contributed by atoms with Gasteiger partial charge in [0.2, 0.25) is 0 Å². The monoisotopic (exact) mass is 177 g/mol. The van der Waals surface area contributed by atoms with Gasteiger partial charge in [0.15, 0.2) is 0 Å². The molecule has 1 aromatic rings. The summed E-state index contributed by atoms with van der Waals surface area (Å²) in [5.74, 6) is 1.01. The summed E-state index contributed by atoms with van der Waals surface area (Å²) >= 11 is 1.72. The number of hydrogen-bond acceptors (Lipinski definition) is 2. The lowest BCUT2D eigenvalue weighted by Gasteiger charge is -2.03. The van der Waals surface area contributed by atoms with Crippen molar-refractivity contribution in [2.24, 2.45) is 0 Å². The van der Waals surface area contributed by atoms with Crippen LogP contribution in [-0.4, -0.2) is 5.75 Å². The molecule has 0 N–H and O–H groups in total. The van der Waals surface area contributed by atoms with Gasteiger partial charge in [0.05, 0.1) is 5.56 Å². The summed E-state index contributed by atoms with van der Waals surface area (Å²) in [6.45, 7) is 4.06. The van der Waals surface area contributed by atoms with Crippen LogP contribution in [0.2, 0.25) is 0 Å². The smallest absolute Gasteiger partial charge is 0.101 e. The van der Waals surface area contributed by atoms with Crippen LogP contribution in [0, 0.1) is 18.3 Å². The highest BCUT2D eigenvalue weighted by molar-refractivity contribution is 7.99. The second-order valence-corrected chi connectivity index (χ2v) is 3.80. The van der Waals surface area contributed by atoms with Crippen LogP contribution in [-0.2, 0) is 0 Å². The average molecular weight is 177 g/mol. The van der Waals surface area contributed by atoms with Crippen molar-refractivity contribution in [1.82, 2.24) is 0 Å². The zero-order valence-corrected chi connectivity index (χ0v) is 8.11. The van der Waals surface area contributed by atoms with Crippen LogP contribution in [0.3, 0.4) is 0 Å². The molecule has 0 aromatic heterocycles. The summed E-state index contributed by atoms with van der Waals surface area (Å²) in [5.41, 5.74) is 1.89. The minimum absolute atomic E-state index is 0.823. The summed E-state index contributed by atoms with van der Waals surface area (Å²) in [7, 11) is 0. The molecule has 0 bridgehead atoms. The van der Waals surface area contributed by atoms with E-state index in [1.807, 2.05) is 25.1 Å². The Morgan fingerprint density at radius 1 is 1.50 bits per heavy atom. The molecular formula is C10H11NS. The van der Waals surface area contributed by atoms with Gasteiger partial charge in [-0.3, -0.25) is 0 Å². The van der Waals surface area contributed by atoms with Crippen molar-refractivity contribution in [1.29, 1.82) is 5.26 Å². The zero-order chi connectivity index (χ0) is 8.97. The van der Waals surface area contributed by atoms with Crippen LogP contribution in [0.15, 0.2) is 23.1 Å². The van der Waals surface area contributed by atoms with E-state index in [4.69, 9.17) is 5.26 Å². The summed E-state index contributed by atoms with van der Waals surface area (Å²) in [6, 6.07) is 8.19. The third kappa shape index (κ3) is 1.80. The highest BCUT2D eigenvalue weighted by atomic mass is 32.2. The number of nitriles is 1. The molecule has 1 nitrogen and oxygen atoms in total. The Kier molecular flexibility index (Phi) is 3.19. The molecule has 0 amide bonds.